The quantitative estimate of drug-likeness (QED) is 0.713. The van der Waals surface area contributed by atoms with Gasteiger partial charge in [0.15, 0.2) is 0 Å². The van der Waals surface area contributed by atoms with Crippen LogP contribution in [0.25, 0.3) is 0 Å². The predicted molar refractivity (Wildman–Crippen MR) is 65.1 cm³/mol. The minimum atomic E-state index is -4.26. The van der Waals surface area contributed by atoms with Crippen molar-refractivity contribution in [1.82, 2.24) is 5.32 Å². The number of hydrogen-bond donors (Lipinski definition) is 1. The molecule has 6 heteroatoms. The molecule has 0 aliphatic rings. The van der Waals surface area contributed by atoms with Gasteiger partial charge in [0.1, 0.15) is 0 Å². The fraction of sp³-hybridized carbons (Fsp3) is 0.909. The Hall–Kier alpha value is -0.260. The topological polar surface area (TPSA) is 29.1 Å². The SMILES string of the molecule is CCC(CC)(CBr)CNC(=O)CCC(F)(F)F. The molecule has 0 aliphatic heterocycles. The largest absolute Gasteiger partial charge is 0.389 e. The maximum absolute atomic E-state index is 11.9. The average Bonchev–Trinajstić information content (AvgIpc) is 2.28. The van der Waals surface area contributed by atoms with E-state index >= 15 is 0 Å². The summed E-state index contributed by atoms with van der Waals surface area (Å²) in [6, 6.07) is 0. The Morgan fingerprint density at radius 1 is 1.24 bits per heavy atom. The number of alkyl halides is 4. The normalized spacial score (nSPS) is 12.6. The molecule has 0 atom stereocenters. The number of rotatable bonds is 7. The van der Waals surface area contributed by atoms with Crippen LogP contribution in [0, 0.1) is 5.41 Å². The van der Waals surface area contributed by atoms with Gasteiger partial charge in [0, 0.05) is 18.3 Å². The van der Waals surface area contributed by atoms with E-state index in [1.165, 1.54) is 0 Å². The van der Waals surface area contributed by atoms with Crippen LogP contribution >= 0.6 is 15.9 Å². The molecule has 0 aromatic rings. The van der Waals surface area contributed by atoms with E-state index in [9.17, 15) is 18.0 Å². The Bertz CT molecular complexity index is 231. The summed E-state index contributed by atoms with van der Waals surface area (Å²) < 4.78 is 35.7. The van der Waals surface area contributed by atoms with E-state index in [2.05, 4.69) is 21.2 Å². The molecule has 0 saturated carbocycles. The van der Waals surface area contributed by atoms with Crippen molar-refractivity contribution >= 4 is 21.8 Å². The smallest absolute Gasteiger partial charge is 0.356 e. The number of hydrogen-bond acceptors (Lipinski definition) is 1. The van der Waals surface area contributed by atoms with E-state index in [0.29, 0.717) is 6.54 Å². The van der Waals surface area contributed by atoms with Gasteiger partial charge in [0.05, 0.1) is 6.42 Å². The van der Waals surface area contributed by atoms with Crippen LogP contribution in [-0.2, 0) is 4.79 Å². The van der Waals surface area contributed by atoms with E-state index in [-0.39, 0.29) is 5.41 Å². The predicted octanol–water partition coefficient (Wildman–Crippen LogP) is 3.65. The third kappa shape index (κ3) is 6.91. The maximum atomic E-state index is 11.9. The number of carbonyl (C=O) groups excluding carboxylic acids is 1. The van der Waals surface area contributed by atoms with E-state index in [0.717, 1.165) is 18.2 Å². The van der Waals surface area contributed by atoms with Gasteiger partial charge < -0.3 is 5.32 Å². The molecule has 0 radical (unpaired) electrons. The monoisotopic (exact) mass is 317 g/mol. The van der Waals surface area contributed by atoms with Crippen molar-refractivity contribution in [1.29, 1.82) is 0 Å². The second kappa shape index (κ2) is 7.24. The summed E-state index contributed by atoms with van der Waals surface area (Å²) >= 11 is 3.38. The third-order valence-corrected chi connectivity index (χ3v) is 4.27. The summed E-state index contributed by atoms with van der Waals surface area (Å²) in [5.74, 6) is -0.533. The van der Waals surface area contributed by atoms with Gasteiger partial charge in [-0.2, -0.15) is 13.2 Å². The molecule has 17 heavy (non-hydrogen) atoms. The van der Waals surface area contributed by atoms with Gasteiger partial charge in [-0.05, 0) is 18.3 Å². The third-order valence-electron chi connectivity index (χ3n) is 3.08. The highest BCUT2D eigenvalue weighted by molar-refractivity contribution is 9.09. The first kappa shape index (κ1) is 16.7. The highest BCUT2D eigenvalue weighted by atomic mass is 79.9. The first-order valence-electron chi connectivity index (χ1n) is 5.68. The Balaban J connectivity index is 4.06. The second-order valence-corrected chi connectivity index (χ2v) is 4.79. The summed E-state index contributed by atoms with van der Waals surface area (Å²) in [6.45, 7) is 4.43. The minimum absolute atomic E-state index is 0.0616. The molecule has 2 nitrogen and oxygen atoms in total. The van der Waals surface area contributed by atoms with Crippen LogP contribution in [0.5, 0.6) is 0 Å². The lowest BCUT2D eigenvalue weighted by Gasteiger charge is -2.29. The van der Waals surface area contributed by atoms with E-state index in [1.807, 2.05) is 13.8 Å². The Morgan fingerprint density at radius 2 is 1.76 bits per heavy atom. The molecule has 102 valence electrons. The average molecular weight is 318 g/mol. The number of halogens is 4. The van der Waals surface area contributed by atoms with Crippen LogP contribution in [0.3, 0.4) is 0 Å². The van der Waals surface area contributed by atoms with Crippen LogP contribution in [0.4, 0.5) is 13.2 Å². The van der Waals surface area contributed by atoms with E-state index in [4.69, 9.17) is 0 Å². The van der Waals surface area contributed by atoms with Gasteiger partial charge in [0.25, 0.3) is 0 Å². The molecule has 0 aromatic carbocycles. The van der Waals surface area contributed by atoms with Crippen molar-refractivity contribution in [2.75, 3.05) is 11.9 Å². The molecular formula is C11H19BrF3NO. The van der Waals surface area contributed by atoms with Gasteiger partial charge in [0.2, 0.25) is 5.91 Å². The van der Waals surface area contributed by atoms with Crippen LogP contribution in [0.2, 0.25) is 0 Å². The summed E-state index contributed by atoms with van der Waals surface area (Å²) in [6.07, 6.45) is -4.07. The number of carbonyl (C=O) groups is 1. The first-order chi connectivity index (χ1) is 7.78. The summed E-state index contributed by atoms with van der Waals surface area (Å²) in [4.78, 5) is 11.3. The van der Waals surface area contributed by atoms with E-state index < -0.39 is 24.9 Å². The number of nitrogens with one attached hydrogen (secondary N) is 1. The van der Waals surface area contributed by atoms with E-state index in [1.54, 1.807) is 0 Å². The summed E-state index contributed by atoms with van der Waals surface area (Å²) in [7, 11) is 0. The molecule has 0 fully saturated rings. The molecule has 1 amide bonds. The molecule has 0 aromatic heterocycles. The van der Waals surface area contributed by atoms with Crippen LogP contribution < -0.4 is 5.32 Å². The summed E-state index contributed by atoms with van der Waals surface area (Å²) in [5.41, 5.74) is -0.0616. The first-order valence-corrected chi connectivity index (χ1v) is 6.80. The maximum Gasteiger partial charge on any atom is 0.389 e. The molecular weight excluding hydrogens is 299 g/mol. The van der Waals surface area contributed by atoms with Gasteiger partial charge in [-0.25, -0.2) is 0 Å². The van der Waals surface area contributed by atoms with Gasteiger partial charge in [-0.3, -0.25) is 4.79 Å². The standard InChI is InChI=1S/C11H19BrF3NO/c1-3-10(4-2,7-12)8-16-9(17)5-6-11(13,14)15/h3-8H2,1-2H3,(H,16,17). The van der Waals surface area contributed by atoms with Crippen LogP contribution in [-0.4, -0.2) is 24.0 Å². The minimum Gasteiger partial charge on any atom is -0.356 e. The molecule has 0 saturated heterocycles. The fourth-order valence-electron chi connectivity index (χ4n) is 1.37. The Morgan fingerprint density at radius 3 is 2.12 bits per heavy atom. The zero-order chi connectivity index (χ0) is 13.5. The highest BCUT2D eigenvalue weighted by Crippen LogP contribution is 2.28. The van der Waals surface area contributed by atoms with Crippen molar-refractivity contribution in [3.8, 4) is 0 Å². The highest BCUT2D eigenvalue weighted by Gasteiger charge is 2.29. The lowest BCUT2D eigenvalue weighted by atomic mass is 9.84. The lowest BCUT2D eigenvalue weighted by molar-refractivity contribution is -0.144. The van der Waals surface area contributed by atoms with Gasteiger partial charge in [-0.15, -0.1) is 0 Å². The molecule has 0 spiro atoms. The van der Waals surface area contributed by atoms with Crippen LogP contribution in [0.1, 0.15) is 39.5 Å². The zero-order valence-corrected chi connectivity index (χ0v) is 11.7. The zero-order valence-electron chi connectivity index (χ0n) is 10.2. The molecule has 0 heterocycles. The van der Waals surface area contributed by atoms with Gasteiger partial charge in [-0.1, -0.05) is 29.8 Å². The fourth-order valence-corrected chi connectivity index (χ4v) is 2.36. The molecule has 1 N–H and O–H groups in total. The molecule has 0 aliphatic carbocycles. The van der Waals surface area contributed by atoms with Crippen molar-refractivity contribution in [3.63, 3.8) is 0 Å². The van der Waals surface area contributed by atoms with Gasteiger partial charge >= 0.3 is 6.18 Å². The van der Waals surface area contributed by atoms with Crippen molar-refractivity contribution in [2.24, 2.45) is 5.41 Å². The summed E-state index contributed by atoms with van der Waals surface area (Å²) in [5, 5.41) is 3.31. The Kier molecular flexibility index (Phi) is 7.13. The molecule has 0 bridgehead atoms. The Labute approximate surface area is 108 Å². The molecule has 0 rings (SSSR count). The van der Waals surface area contributed by atoms with Crippen molar-refractivity contribution in [2.45, 2.75) is 45.7 Å². The van der Waals surface area contributed by atoms with Crippen molar-refractivity contribution in [3.05, 3.63) is 0 Å². The number of amides is 1. The van der Waals surface area contributed by atoms with Crippen molar-refractivity contribution < 1.29 is 18.0 Å². The molecule has 0 unspecified atom stereocenters. The second-order valence-electron chi connectivity index (χ2n) is 4.23. The van der Waals surface area contributed by atoms with Crippen LogP contribution in [0.15, 0.2) is 0 Å². The lowest BCUT2D eigenvalue weighted by Crippen LogP contribution is -2.38.